The van der Waals surface area contributed by atoms with Crippen LogP contribution in [0.1, 0.15) is 24.1 Å². The fourth-order valence-electron chi connectivity index (χ4n) is 2.94. The average molecular weight is 328 g/mol. The zero-order valence-electron chi connectivity index (χ0n) is 13.2. The number of rotatable bonds is 3. The van der Waals surface area contributed by atoms with Crippen molar-refractivity contribution in [1.82, 2.24) is 4.90 Å². The maximum atomic E-state index is 14.1. The topological polar surface area (TPSA) is 46.3 Å². The standard InChI is InChI=1S/C19H18F2N2O/c1-12(22)19(24)23-11-14(16-10-15(20)7-8-17(16)21)9-18(23)13-5-3-2-4-6-13/h2-10,12,18H,11,22H2,1H3. The van der Waals surface area contributed by atoms with Crippen LogP contribution in [0.3, 0.4) is 0 Å². The van der Waals surface area contributed by atoms with E-state index in [0.29, 0.717) is 5.57 Å². The van der Waals surface area contributed by atoms with Crippen molar-refractivity contribution in [2.24, 2.45) is 5.73 Å². The number of carbonyl (C=O) groups is 1. The van der Waals surface area contributed by atoms with Crippen LogP contribution in [0.4, 0.5) is 8.78 Å². The zero-order valence-corrected chi connectivity index (χ0v) is 13.2. The fraction of sp³-hybridized carbons (Fsp3) is 0.211. The molecule has 0 saturated heterocycles. The van der Waals surface area contributed by atoms with Crippen molar-refractivity contribution in [2.45, 2.75) is 19.0 Å². The van der Waals surface area contributed by atoms with E-state index in [2.05, 4.69) is 0 Å². The molecule has 1 amide bonds. The zero-order chi connectivity index (χ0) is 17.3. The smallest absolute Gasteiger partial charge is 0.240 e. The van der Waals surface area contributed by atoms with Crippen molar-refractivity contribution < 1.29 is 13.6 Å². The first kappa shape index (κ1) is 16.3. The van der Waals surface area contributed by atoms with Gasteiger partial charge in [0.15, 0.2) is 0 Å². The summed E-state index contributed by atoms with van der Waals surface area (Å²) in [5.41, 5.74) is 7.40. The lowest BCUT2D eigenvalue weighted by atomic mass is 10.0. The minimum atomic E-state index is -0.665. The van der Waals surface area contributed by atoms with Gasteiger partial charge >= 0.3 is 0 Å². The molecule has 2 N–H and O–H groups in total. The molecule has 0 fully saturated rings. The minimum absolute atomic E-state index is 0.177. The molecule has 0 spiro atoms. The van der Waals surface area contributed by atoms with Gasteiger partial charge in [0.25, 0.3) is 0 Å². The monoisotopic (exact) mass is 328 g/mol. The molecule has 1 aliphatic rings. The van der Waals surface area contributed by atoms with Gasteiger partial charge in [0.05, 0.1) is 12.1 Å². The highest BCUT2D eigenvalue weighted by Gasteiger charge is 2.32. The lowest BCUT2D eigenvalue weighted by molar-refractivity contribution is -0.132. The molecule has 0 saturated carbocycles. The van der Waals surface area contributed by atoms with Crippen LogP contribution in [-0.4, -0.2) is 23.4 Å². The van der Waals surface area contributed by atoms with Crippen LogP contribution in [0.25, 0.3) is 5.57 Å². The fourth-order valence-corrected chi connectivity index (χ4v) is 2.94. The van der Waals surface area contributed by atoms with E-state index < -0.39 is 17.7 Å². The normalized spacial score (nSPS) is 18.4. The third-order valence-electron chi connectivity index (χ3n) is 4.12. The van der Waals surface area contributed by atoms with Gasteiger partial charge in [-0.3, -0.25) is 4.79 Å². The lowest BCUT2D eigenvalue weighted by Crippen LogP contribution is -2.42. The molecular weight excluding hydrogens is 310 g/mol. The lowest BCUT2D eigenvalue weighted by Gasteiger charge is -2.26. The predicted molar refractivity (Wildman–Crippen MR) is 88.9 cm³/mol. The molecule has 1 heterocycles. The number of nitrogens with zero attached hydrogens (tertiary/aromatic N) is 1. The molecule has 124 valence electrons. The molecular formula is C19H18F2N2O. The number of amides is 1. The Kier molecular flexibility index (Phi) is 4.44. The van der Waals surface area contributed by atoms with Crippen molar-refractivity contribution in [1.29, 1.82) is 0 Å². The Hall–Kier alpha value is -2.53. The van der Waals surface area contributed by atoms with E-state index in [0.717, 1.165) is 23.8 Å². The number of carbonyl (C=O) groups excluding carboxylic acids is 1. The summed E-state index contributed by atoms with van der Waals surface area (Å²) in [5, 5.41) is 0. The molecule has 2 unspecified atom stereocenters. The molecule has 24 heavy (non-hydrogen) atoms. The summed E-state index contributed by atoms with van der Waals surface area (Å²) in [5.74, 6) is -1.25. The Morgan fingerprint density at radius 3 is 2.58 bits per heavy atom. The second-order valence-corrected chi connectivity index (χ2v) is 5.93. The number of hydrogen-bond donors (Lipinski definition) is 1. The van der Waals surface area contributed by atoms with E-state index >= 15 is 0 Å². The molecule has 3 rings (SSSR count). The van der Waals surface area contributed by atoms with Crippen LogP contribution < -0.4 is 5.73 Å². The van der Waals surface area contributed by atoms with E-state index in [1.165, 1.54) is 0 Å². The second-order valence-electron chi connectivity index (χ2n) is 5.93. The van der Waals surface area contributed by atoms with E-state index in [9.17, 15) is 13.6 Å². The van der Waals surface area contributed by atoms with Crippen LogP contribution in [0.5, 0.6) is 0 Å². The van der Waals surface area contributed by atoms with Crippen molar-refractivity contribution in [3.05, 3.63) is 77.4 Å². The Balaban J connectivity index is 2.03. The molecule has 3 nitrogen and oxygen atoms in total. The Morgan fingerprint density at radius 2 is 1.92 bits per heavy atom. The van der Waals surface area contributed by atoms with Gasteiger partial charge in [0.1, 0.15) is 11.6 Å². The third kappa shape index (κ3) is 3.08. The largest absolute Gasteiger partial charge is 0.326 e. The van der Waals surface area contributed by atoms with Crippen molar-refractivity contribution in [2.75, 3.05) is 6.54 Å². The number of halogens is 2. The SMILES string of the molecule is CC(N)C(=O)N1CC(c2cc(F)ccc2F)=CC1c1ccccc1. The molecule has 0 aromatic heterocycles. The van der Waals surface area contributed by atoms with Gasteiger partial charge in [-0.2, -0.15) is 0 Å². The van der Waals surface area contributed by atoms with Gasteiger partial charge in [-0.25, -0.2) is 8.78 Å². The average Bonchev–Trinajstić information content (AvgIpc) is 3.02. The van der Waals surface area contributed by atoms with Crippen molar-refractivity contribution in [3.63, 3.8) is 0 Å². The van der Waals surface area contributed by atoms with E-state index in [1.54, 1.807) is 17.9 Å². The van der Waals surface area contributed by atoms with E-state index in [-0.39, 0.29) is 24.1 Å². The van der Waals surface area contributed by atoms with Gasteiger partial charge in [-0.1, -0.05) is 36.4 Å². The highest BCUT2D eigenvalue weighted by atomic mass is 19.1. The Bertz CT molecular complexity index is 787. The number of hydrogen-bond acceptors (Lipinski definition) is 2. The number of nitrogens with two attached hydrogens (primary N) is 1. The first-order valence-corrected chi connectivity index (χ1v) is 7.74. The quantitative estimate of drug-likeness (QED) is 0.940. The molecule has 2 aromatic rings. The van der Waals surface area contributed by atoms with Crippen LogP contribution in [0, 0.1) is 11.6 Å². The summed E-state index contributed by atoms with van der Waals surface area (Å²) in [6, 6.07) is 11.7. The predicted octanol–water partition coefficient (Wildman–Crippen LogP) is 3.28. The van der Waals surface area contributed by atoms with Gasteiger partial charge in [0.2, 0.25) is 5.91 Å². The van der Waals surface area contributed by atoms with Crippen LogP contribution >= 0.6 is 0 Å². The summed E-state index contributed by atoms with van der Waals surface area (Å²) in [6.07, 6.45) is 1.80. The number of benzene rings is 2. The first-order valence-electron chi connectivity index (χ1n) is 7.74. The molecule has 1 aliphatic heterocycles. The summed E-state index contributed by atoms with van der Waals surface area (Å²) >= 11 is 0. The maximum Gasteiger partial charge on any atom is 0.240 e. The first-order chi connectivity index (χ1) is 11.5. The van der Waals surface area contributed by atoms with Crippen molar-refractivity contribution >= 4 is 11.5 Å². The maximum absolute atomic E-state index is 14.1. The van der Waals surface area contributed by atoms with Gasteiger partial charge < -0.3 is 10.6 Å². The minimum Gasteiger partial charge on any atom is -0.326 e. The third-order valence-corrected chi connectivity index (χ3v) is 4.12. The van der Waals surface area contributed by atoms with Gasteiger partial charge in [0, 0.05) is 12.1 Å². The molecule has 0 radical (unpaired) electrons. The van der Waals surface area contributed by atoms with E-state index in [1.807, 2.05) is 30.3 Å². The molecule has 0 bridgehead atoms. The van der Waals surface area contributed by atoms with Gasteiger partial charge in [-0.15, -0.1) is 0 Å². The summed E-state index contributed by atoms with van der Waals surface area (Å²) in [6.45, 7) is 1.81. The summed E-state index contributed by atoms with van der Waals surface area (Å²) < 4.78 is 27.6. The van der Waals surface area contributed by atoms with E-state index in [4.69, 9.17) is 5.73 Å². The molecule has 0 aliphatic carbocycles. The van der Waals surface area contributed by atoms with Gasteiger partial charge in [-0.05, 0) is 36.3 Å². The molecule has 2 aromatic carbocycles. The summed E-state index contributed by atoms with van der Waals surface area (Å²) in [7, 11) is 0. The van der Waals surface area contributed by atoms with Crippen LogP contribution in [0.15, 0.2) is 54.6 Å². The Morgan fingerprint density at radius 1 is 1.21 bits per heavy atom. The molecule has 2 atom stereocenters. The van der Waals surface area contributed by atoms with Crippen LogP contribution in [-0.2, 0) is 4.79 Å². The summed E-state index contributed by atoms with van der Waals surface area (Å²) in [4.78, 5) is 14.1. The highest BCUT2D eigenvalue weighted by Crippen LogP contribution is 2.35. The van der Waals surface area contributed by atoms with Crippen LogP contribution in [0.2, 0.25) is 0 Å². The highest BCUT2D eigenvalue weighted by molar-refractivity contribution is 5.86. The van der Waals surface area contributed by atoms with Crippen molar-refractivity contribution in [3.8, 4) is 0 Å². The second kappa shape index (κ2) is 6.53. The molecule has 5 heteroatoms. The Labute approximate surface area is 139 Å².